The molecule has 0 aliphatic carbocycles. The molecule has 0 N–H and O–H groups in total. The van der Waals surface area contributed by atoms with E-state index in [9.17, 15) is 9.59 Å². The zero-order valence-corrected chi connectivity index (χ0v) is 20.4. The Morgan fingerprint density at radius 1 is 1.09 bits per heavy atom. The summed E-state index contributed by atoms with van der Waals surface area (Å²) in [5.41, 5.74) is 1.66. The van der Waals surface area contributed by atoms with Gasteiger partial charge in [-0.15, -0.1) is 11.3 Å². The Bertz CT molecular complexity index is 1110. The first kappa shape index (κ1) is 23.8. The van der Waals surface area contributed by atoms with Crippen LogP contribution in [0.5, 0.6) is 11.5 Å². The summed E-state index contributed by atoms with van der Waals surface area (Å²) in [6.07, 6.45) is 1.58. The maximum absolute atomic E-state index is 13.6. The lowest BCUT2D eigenvalue weighted by atomic mass is 10.0. The standard InChI is InChI=1S/C27H30N2O4S/c1-3-14-28(27(31)20-8-7-11-22(17-20)32-2)18-26(30)29-15-12-25-23(13-16-34-25)24(29)19-33-21-9-5-4-6-10-21/h4-11,13,16-17,24H,3,12,14-15,18-19H2,1-2H3. The summed E-state index contributed by atoms with van der Waals surface area (Å²) in [4.78, 5) is 31.6. The van der Waals surface area contributed by atoms with Crippen molar-refractivity contribution in [3.8, 4) is 11.5 Å². The van der Waals surface area contributed by atoms with Gasteiger partial charge in [-0.05, 0) is 60.2 Å². The number of rotatable bonds is 9. The highest BCUT2D eigenvalue weighted by Gasteiger charge is 2.33. The van der Waals surface area contributed by atoms with Crippen LogP contribution < -0.4 is 9.47 Å². The molecule has 6 nitrogen and oxygen atoms in total. The van der Waals surface area contributed by atoms with Crippen molar-refractivity contribution in [2.24, 2.45) is 0 Å². The van der Waals surface area contributed by atoms with Crippen LogP contribution in [-0.4, -0.2) is 55.0 Å². The molecular formula is C27H30N2O4S. The van der Waals surface area contributed by atoms with E-state index in [0.717, 1.165) is 24.2 Å². The fourth-order valence-electron chi connectivity index (χ4n) is 4.28. The van der Waals surface area contributed by atoms with Crippen molar-refractivity contribution in [1.29, 1.82) is 0 Å². The summed E-state index contributed by atoms with van der Waals surface area (Å²) in [7, 11) is 1.57. The molecule has 34 heavy (non-hydrogen) atoms. The molecule has 0 saturated carbocycles. The molecule has 2 amide bonds. The number of hydrogen-bond acceptors (Lipinski definition) is 5. The van der Waals surface area contributed by atoms with Gasteiger partial charge < -0.3 is 19.3 Å². The van der Waals surface area contributed by atoms with Gasteiger partial charge in [0.25, 0.3) is 5.91 Å². The molecule has 1 aliphatic rings. The van der Waals surface area contributed by atoms with E-state index < -0.39 is 0 Å². The second-order valence-electron chi connectivity index (χ2n) is 8.23. The Morgan fingerprint density at radius 2 is 1.88 bits per heavy atom. The monoisotopic (exact) mass is 478 g/mol. The molecule has 0 spiro atoms. The number of hydrogen-bond donors (Lipinski definition) is 0. The van der Waals surface area contributed by atoms with Crippen molar-refractivity contribution in [2.45, 2.75) is 25.8 Å². The van der Waals surface area contributed by atoms with E-state index in [1.807, 2.05) is 42.2 Å². The van der Waals surface area contributed by atoms with Crippen molar-refractivity contribution < 1.29 is 19.1 Å². The van der Waals surface area contributed by atoms with Gasteiger partial charge in [0.15, 0.2) is 0 Å². The first-order valence-electron chi connectivity index (χ1n) is 11.6. The minimum Gasteiger partial charge on any atom is -0.497 e. The van der Waals surface area contributed by atoms with E-state index in [2.05, 4.69) is 11.4 Å². The highest BCUT2D eigenvalue weighted by Crippen LogP contribution is 2.34. The van der Waals surface area contributed by atoms with Crippen molar-refractivity contribution in [2.75, 3.05) is 33.4 Å². The normalized spacial score (nSPS) is 14.9. The van der Waals surface area contributed by atoms with Gasteiger partial charge in [-0.3, -0.25) is 9.59 Å². The van der Waals surface area contributed by atoms with E-state index in [0.29, 0.717) is 31.0 Å². The lowest BCUT2D eigenvalue weighted by Crippen LogP contribution is -2.48. The Labute approximate surface area is 204 Å². The summed E-state index contributed by atoms with van der Waals surface area (Å²) in [6, 6.07) is 18.6. The van der Waals surface area contributed by atoms with Crippen molar-refractivity contribution >= 4 is 23.2 Å². The second kappa shape index (κ2) is 11.2. The van der Waals surface area contributed by atoms with Crippen LogP contribution in [0, 0.1) is 0 Å². The van der Waals surface area contributed by atoms with Crippen LogP contribution in [-0.2, 0) is 11.2 Å². The van der Waals surface area contributed by atoms with Crippen LogP contribution in [0.15, 0.2) is 66.0 Å². The van der Waals surface area contributed by atoms with Crippen LogP contribution in [0.3, 0.4) is 0 Å². The molecule has 0 bridgehead atoms. The third-order valence-electron chi connectivity index (χ3n) is 5.99. The minimum atomic E-state index is -0.182. The van der Waals surface area contributed by atoms with Gasteiger partial charge in [0.2, 0.25) is 5.91 Å². The first-order chi connectivity index (χ1) is 16.6. The topological polar surface area (TPSA) is 59.1 Å². The SMILES string of the molecule is CCCN(CC(=O)N1CCc2sccc2C1COc1ccccc1)C(=O)c1cccc(OC)c1. The van der Waals surface area contributed by atoms with Gasteiger partial charge in [-0.2, -0.15) is 0 Å². The number of carbonyl (C=O) groups is 2. The predicted molar refractivity (Wildman–Crippen MR) is 134 cm³/mol. The molecule has 0 fully saturated rings. The van der Waals surface area contributed by atoms with Crippen LogP contribution >= 0.6 is 11.3 Å². The largest absolute Gasteiger partial charge is 0.497 e. The Balaban J connectivity index is 1.51. The highest BCUT2D eigenvalue weighted by molar-refractivity contribution is 7.10. The van der Waals surface area contributed by atoms with Gasteiger partial charge in [0.1, 0.15) is 24.7 Å². The van der Waals surface area contributed by atoms with E-state index in [4.69, 9.17) is 9.47 Å². The van der Waals surface area contributed by atoms with Gasteiger partial charge in [0.05, 0.1) is 13.2 Å². The van der Waals surface area contributed by atoms with Crippen molar-refractivity contribution in [3.05, 3.63) is 82.0 Å². The van der Waals surface area contributed by atoms with Crippen LogP contribution in [0.1, 0.15) is 40.2 Å². The van der Waals surface area contributed by atoms with E-state index in [-0.39, 0.29) is 24.4 Å². The molecule has 1 aromatic heterocycles. The molecule has 0 saturated heterocycles. The number of ether oxygens (including phenoxy) is 2. The van der Waals surface area contributed by atoms with Gasteiger partial charge in [0, 0.05) is 23.5 Å². The number of thiophene rings is 1. The van der Waals surface area contributed by atoms with E-state index in [1.165, 1.54) is 4.88 Å². The number of para-hydroxylation sites is 1. The quantitative estimate of drug-likeness (QED) is 0.443. The Morgan fingerprint density at radius 3 is 2.65 bits per heavy atom. The van der Waals surface area contributed by atoms with Gasteiger partial charge in [-0.25, -0.2) is 0 Å². The second-order valence-corrected chi connectivity index (χ2v) is 9.24. The summed E-state index contributed by atoms with van der Waals surface area (Å²) < 4.78 is 11.3. The first-order valence-corrected chi connectivity index (χ1v) is 12.5. The molecule has 178 valence electrons. The number of carbonyl (C=O) groups excluding carboxylic acids is 2. The van der Waals surface area contributed by atoms with Crippen molar-refractivity contribution in [1.82, 2.24) is 9.80 Å². The number of fused-ring (bicyclic) bond motifs is 1. The zero-order valence-electron chi connectivity index (χ0n) is 19.6. The Hall–Kier alpha value is -3.32. The maximum atomic E-state index is 13.6. The fourth-order valence-corrected chi connectivity index (χ4v) is 5.21. The number of methoxy groups -OCH3 is 1. The lowest BCUT2D eigenvalue weighted by molar-refractivity contribution is -0.135. The predicted octanol–water partition coefficient (Wildman–Crippen LogP) is 4.81. The molecule has 1 unspecified atom stereocenters. The molecule has 1 atom stereocenters. The van der Waals surface area contributed by atoms with E-state index in [1.54, 1.807) is 47.6 Å². The summed E-state index contributed by atoms with van der Waals surface area (Å²) in [5.74, 6) is 1.16. The van der Waals surface area contributed by atoms with E-state index >= 15 is 0 Å². The molecule has 2 heterocycles. The smallest absolute Gasteiger partial charge is 0.254 e. The fraction of sp³-hybridized carbons (Fsp3) is 0.333. The highest BCUT2D eigenvalue weighted by atomic mass is 32.1. The number of amides is 2. The third kappa shape index (κ3) is 5.42. The molecule has 1 aliphatic heterocycles. The van der Waals surface area contributed by atoms with Gasteiger partial charge in [-0.1, -0.05) is 31.2 Å². The maximum Gasteiger partial charge on any atom is 0.254 e. The third-order valence-corrected chi connectivity index (χ3v) is 6.99. The lowest BCUT2D eigenvalue weighted by Gasteiger charge is -2.37. The molecule has 0 radical (unpaired) electrons. The molecule has 7 heteroatoms. The minimum absolute atomic E-state index is 0.0329. The number of nitrogens with zero attached hydrogens (tertiary/aromatic N) is 2. The summed E-state index contributed by atoms with van der Waals surface area (Å²) in [6.45, 7) is 3.53. The molecule has 2 aromatic carbocycles. The molecule has 4 rings (SSSR count). The summed E-state index contributed by atoms with van der Waals surface area (Å²) >= 11 is 1.72. The molecule has 3 aromatic rings. The van der Waals surface area contributed by atoms with Gasteiger partial charge >= 0.3 is 0 Å². The number of benzene rings is 2. The van der Waals surface area contributed by atoms with Crippen LogP contribution in [0.2, 0.25) is 0 Å². The molecular weight excluding hydrogens is 448 g/mol. The Kier molecular flexibility index (Phi) is 7.85. The van der Waals surface area contributed by atoms with Crippen molar-refractivity contribution in [3.63, 3.8) is 0 Å². The summed E-state index contributed by atoms with van der Waals surface area (Å²) in [5, 5.41) is 2.07. The zero-order chi connectivity index (χ0) is 23.9. The average molecular weight is 479 g/mol. The van der Waals surface area contributed by atoms with Crippen LogP contribution in [0.25, 0.3) is 0 Å². The average Bonchev–Trinajstić information content (AvgIpc) is 3.36. The van der Waals surface area contributed by atoms with Crippen LogP contribution in [0.4, 0.5) is 0 Å².